The molecule has 5 heteroatoms. The van der Waals surface area contributed by atoms with Crippen LogP contribution in [0.15, 0.2) is 12.4 Å². The summed E-state index contributed by atoms with van der Waals surface area (Å²) in [5.41, 5.74) is 1.01. The van der Waals surface area contributed by atoms with Crippen molar-refractivity contribution in [2.75, 3.05) is 13.1 Å². The topological polar surface area (TPSA) is 59.0 Å². The van der Waals surface area contributed by atoms with Crippen molar-refractivity contribution in [3.8, 4) is 0 Å². The number of hydrogen-bond donors (Lipinski definition) is 2. The van der Waals surface area contributed by atoms with Crippen LogP contribution in [-0.4, -0.2) is 34.3 Å². The van der Waals surface area contributed by atoms with Crippen molar-refractivity contribution < 1.29 is 4.79 Å². The molecule has 1 aliphatic heterocycles. The van der Waals surface area contributed by atoms with E-state index in [0.29, 0.717) is 0 Å². The standard InChI is InChI=1S/C15H26N4O/c1-5-6-15(2,3)18-14(20)13-9-16-8-12(13)11-7-17-19(4)10-11/h7,10,12-13,16H,5-6,8-9H2,1-4H3,(H,18,20)/t12-,13+/m1/s1. The van der Waals surface area contributed by atoms with Crippen molar-refractivity contribution >= 4 is 5.91 Å². The van der Waals surface area contributed by atoms with Crippen LogP contribution in [0.25, 0.3) is 0 Å². The van der Waals surface area contributed by atoms with Crippen molar-refractivity contribution in [3.05, 3.63) is 18.0 Å². The quantitative estimate of drug-likeness (QED) is 0.856. The lowest BCUT2D eigenvalue weighted by molar-refractivity contribution is -0.126. The molecule has 0 unspecified atom stereocenters. The van der Waals surface area contributed by atoms with Crippen LogP contribution in [0, 0.1) is 5.92 Å². The van der Waals surface area contributed by atoms with Crippen molar-refractivity contribution in [2.24, 2.45) is 13.0 Å². The molecule has 20 heavy (non-hydrogen) atoms. The summed E-state index contributed by atoms with van der Waals surface area (Å²) in [6.45, 7) is 7.92. The molecule has 1 amide bonds. The third-order valence-corrected chi connectivity index (χ3v) is 4.04. The fraction of sp³-hybridized carbons (Fsp3) is 0.733. The van der Waals surface area contributed by atoms with Gasteiger partial charge in [0.2, 0.25) is 5.91 Å². The highest BCUT2D eigenvalue weighted by atomic mass is 16.2. The molecule has 0 aromatic carbocycles. The highest BCUT2D eigenvalue weighted by molar-refractivity contribution is 5.81. The van der Waals surface area contributed by atoms with E-state index >= 15 is 0 Å². The number of amides is 1. The Bertz CT molecular complexity index is 466. The van der Waals surface area contributed by atoms with E-state index in [0.717, 1.165) is 31.5 Å². The van der Waals surface area contributed by atoms with Gasteiger partial charge in [0.05, 0.1) is 12.1 Å². The lowest BCUT2D eigenvalue weighted by Gasteiger charge is -2.28. The van der Waals surface area contributed by atoms with Crippen molar-refractivity contribution in [1.29, 1.82) is 0 Å². The second kappa shape index (κ2) is 5.95. The molecule has 2 N–H and O–H groups in total. The molecule has 1 aromatic rings. The summed E-state index contributed by atoms with van der Waals surface area (Å²) >= 11 is 0. The summed E-state index contributed by atoms with van der Waals surface area (Å²) in [7, 11) is 1.91. The van der Waals surface area contributed by atoms with Crippen LogP contribution in [-0.2, 0) is 11.8 Å². The van der Waals surface area contributed by atoms with Gasteiger partial charge in [-0.1, -0.05) is 13.3 Å². The highest BCUT2D eigenvalue weighted by Gasteiger charge is 2.36. The van der Waals surface area contributed by atoms with E-state index in [4.69, 9.17) is 0 Å². The second-order valence-electron chi connectivity index (χ2n) is 6.44. The molecule has 1 aliphatic rings. The molecule has 112 valence electrons. The van der Waals surface area contributed by atoms with Gasteiger partial charge in [-0.3, -0.25) is 9.48 Å². The van der Waals surface area contributed by atoms with Gasteiger partial charge < -0.3 is 10.6 Å². The highest BCUT2D eigenvalue weighted by Crippen LogP contribution is 2.28. The minimum Gasteiger partial charge on any atom is -0.351 e. The molecular weight excluding hydrogens is 252 g/mol. The normalized spacial score (nSPS) is 23.0. The molecule has 2 atom stereocenters. The Balaban J connectivity index is 2.05. The van der Waals surface area contributed by atoms with E-state index in [1.165, 1.54) is 0 Å². The van der Waals surface area contributed by atoms with Crippen molar-refractivity contribution in [1.82, 2.24) is 20.4 Å². The summed E-state index contributed by atoms with van der Waals surface area (Å²) in [4.78, 5) is 12.5. The third-order valence-electron chi connectivity index (χ3n) is 4.04. The summed E-state index contributed by atoms with van der Waals surface area (Å²) in [5, 5.41) is 10.7. The van der Waals surface area contributed by atoms with Gasteiger partial charge >= 0.3 is 0 Å². The van der Waals surface area contributed by atoms with Crippen molar-refractivity contribution in [2.45, 2.75) is 45.1 Å². The number of aryl methyl sites for hydroxylation is 1. The van der Waals surface area contributed by atoms with Crippen LogP contribution in [0.4, 0.5) is 0 Å². The van der Waals surface area contributed by atoms with Crippen LogP contribution in [0.2, 0.25) is 0 Å². The minimum atomic E-state index is -0.131. The van der Waals surface area contributed by atoms with Crippen LogP contribution in [0.1, 0.15) is 45.1 Å². The molecule has 2 rings (SSSR count). The average Bonchev–Trinajstić information content (AvgIpc) is 2.95. The number of nitrogens with one attached hydrogen (secondary N) is 2. The molecule has 2 heterocycles. The Hall–Kier alpha value is -1.36. The molecular formula is C15H26N4O. The first-order chi connectivity index (χ1) is 9.43. The Morgan fingerprint density at radius 2 is 2.30 bits per heavy atom. The van der Waals surface area contributed by atoms with E-state index < -0.39 is 0 Å². The number of carbonyl (C=O) groups is 1. The van der Waals surface area contributed by atoms with Crippen molar-refractivity contribution in [3.63, 3.8) is 0 Å². The molecule has 5 nitrogen and oxygen atoms in total. The lowest BCUT2D eigenvalue weighted by Crippen LogP contribution is -2.47. The summed E-state index contributed by atoms with van der Waals surface area (Å²) < 4.78 is 1.80. The van der Waals surface area contributed by atoms with E-state index in [1.54, 1.807) is 4.68 Å². The van der Waals surface area contributed by atoms with E-state index in [9.17, 15) is 4.79 Å². The average molecular weight is 278 g/mol. The summed E-state index contributed by atoms with van der Waals surface area (Å²) in [6, 6.07) is 0. The number of nitrogens with zero attached hydrogens (tertiary/aromatic N) is 2. The molecule has 1 aromatic heterocycles. The first-order valence-corrected chi connectivity index (χ1v) is 7.44. The van der Waals surface area contributed by atoms with E-state index in [1.807, 2.05) is 19.4 Å². The number of carbonyl (C=O) groups excluding carboxylic acids is 1. The second-order valence-corrected chi connectivity index (χ2v) is 6.44. The van der Waals surface area contributed by atoms with Gasteiger partial charge in [-0.2, -0.15) is 5.10 Å². The molecule has 0 saturated carbocycles. The van der Waals surface area contributed by atoms with Gasteiger partial charge in [0, 0.05) is 37.8 Å². The monoisotopic (exact) mass is 278 g/mol. The number of hydrogen-bond acceptors (Lipinski definition) is 3. The third kappa shape index (κ3) is 3.39. The Kier molecular flexibility index (Phi) is 4.48. The Morgan fingerprint density at radius 3 is 2.90 bits per heavy atom. The fourth-order valence-corrected chi connectivity index (χ4v) is 3.05. The predicted molar refractivity (Wildman–Crippen MR) is 79.4 cm³/mol. The Morgan fingerprint density at radius 1 is 1.55 bits per heavy atom. The molecule has 0 radical (unpaired) electrons. The molecule has 1 saturated heterocycles. The number of aromatic nitrogens is 2. The zero-order valence-electron chi connectivity index (χ0n) is 12.9. The van der Waals surface area contributed by atoms with Crippen LogP contribution in [0.5, 0.6) is 0 Å². The smallest absolute Gasteiger partial charge is 0.225 e. The van der Waals surface area contributed by atoms with Crippen LogP contribution < -0.4 is 10.6 Å². The predicted octanol–water partition coefficient (Wildman–Crippen LogP) is 1.42. The first-order valence-electron chi connectivity index (χ1n) is 7.44. The van der Waals surface area contributed by atoms with E-state index in [2.05, 4.69) is 36.5 Å². The SMILES string of the molecule is CCCC(C)(C)NC(=O)[C@H]1CNC[C@@H]1c1cnn(C)c1. The lowest BCUT2D eigenvalue weighted by atomic mass is 9.89. The van der Waals surface area contributed by atoms with Crippen LogP contribution >= 0.6 is 0 Å². The van der Waals surface area contributed by atoms with Gasteiger partial charge in [-0.05, 0) is 25.8 Å². The largest absolute Gasteiger partial charge is 0.351 e. The molecule has 0 aliphatic carbocycles. The Labute approximate surface area is 121 Å². The zero-order chi connectivity index (χ0) is 14.8. The van der Waals surface area contributed by atoms with Gasteiger partial charge in [0.1, 0.15) is 0 Å². The van der Waals surface area contributed by atoms with Crippen LogP contribution in [0.3, 0.4) is 0 Å². The van der Waals surface area contributed by atoms with Gasteiger partial charge in [0.15, 0.2) is 0 Å². The first kappa shape index (κ1) is 15.0. The molecule has 0 bridgehead atoms. The maximum absolute atomic E-state index is 12.5. The maximum Gasteiger partial charge on any atom is 0.225 e. The fourth-order valence-electron chi connectivity index (χ4n) is 3.05. The summed E-state index contributed by atoms with van der Waals surface area (Å²) in [6.07, 6.45) is 5.95. The zero-order valence-corrected chi connectivity index (χ0v) is 12.9. The van der Waals surface area contributed by atoms with E-state index in [-0.39, 0.29) is 23.3 Å². The minimum absolute atomic E-state index is 0.00432. The van der Waals surface area contributed by atoms with Gasteiger partial charge in [0.25, 0.3) is 0 Å². The number of rotatable bonds is 5. The summed E-state index contributed by atoms with van der Waals surface area (Å²) in [5.74, 6) is 0.374. The van der Waals surface area contributed by atoms with Gasteiger partial charge in [-0.15, -0.1) is 0 Å². The molecule has 1 fully saturated rings. The molecule has 0 spiro atoms. The maximum atomic E-state index is 12.5. The van der Waals surface area contributed by atoms with Gasteiger partial charge in [-0.25, -0.2) is 0 Å².